The summed E-state index contributed by atoms with van der Waals surface area (Å²) in [5.74, 6) is 0.379. The Bertz CT molecular complexity index is 278. The van der Waals surface area contributed by atoms with Crippen molar-refractivity contribution in [3.63, 3.8) is 0 Å². The molecule has 2 N–H and O–H groups in total. The molecule has 0 aliphatic rings. The minimum atomic E-state index is -3.20. The summed E-state index contributed by atoms with van der Waals surface area (Å²) in [4.78, 5) is 0. The van der Waals surface area contributed by atoms with Crippen LogP contribution in [0.25, 0.3) is 0 Å². The molecule has 0 heterocycles. The van der Waals surface area contributed by atoms with Gasteiger partial charge in [-0.05, 0) is 32.9 Å². The fraction of sp³-hybridized carbons (Fsp3) is 1.00. The van der Waals surface area contributed by atoms with Gasteiger partial charge in [0.05, 0.1) is 12.4 Å². The van der Waals surface area contributed by atoms with Gasteiger partial charge >= 0.3 is 0 Å². The number of sulfonamides is 1. The number of hydrogen-bond acceptors (Lipinski definition) is 4. The summed E-state index contributed by atoms with van der Waals surface area (Å²) in [6.45, 7) is 7.61. The zero-order chi connectivity index (χ0) is 13.3. The van der Waals surface area contributed by atoms with Gasteiger partial charge in [-0.15, -0.1) is 0 Å². The first-order valence-electron chi connectivity index (χ1n) is 6.15. The molecule has 0 aromatic carbocycles. The second kappa shape index (κ2) is 8.85. The van der Waals surface area contributed by atoms with Crippen molar-refractivity contribution >= 4 is 10.0 Å². The Balaban J connectivity index is 4.22. The molecule has 5 nitrogen and oxygen atoms in total. The Morgan fingerprint density at radius 1 is 1.29 bits per heavy atom. The van der Waals surface area contributed by atoms with Gasteiger partial charge in [-0.25, -0.2) is 13.1 Å². The maximum absolute atomic E-state index is 11.8. The number of nitrogens with one attached hydrogen (secondary N) is 2. The monoisotopic (exact) mass is 266 g/mol. The normalized spacial score (nSPS) is 14.2. The molecule has 1 atom stereocenters. The summed E-state index contributed by atoms with van der Waals surface area (Å²) in [6.07, 6.45) is 0.616. The number of rotatable bonds is 10. The smallest absolute Gasteiger partial charge is 0.211 e. The Kier molecular flexibility index (Phi) is 8.77. The van der Waals surface area contributed by atoms with E-state index in [0.29, 0.717) is 26.2 Å². The van der Waals surface area contributed by atoms with Gasteiger partial charge in [-0.3, -0.25) is 0 Å². The third-order valence-electron chi connectivity index (χ3n) is 2.48. The molecule has 6 heteroatoms. The predicted molar refractivity (Wildman–Crippen MR) is 70.6 cm³/mol. The SMILES string of the molecule is CCOCC(NS(=O)(=O)CCCNC)C(C)C. The van der Waals surface area contributed by atoms with Crippen LogP contribution in [0.5, 0.6) is 0 Å². The fourth-order valence-electron chi connectivity index (χ4n) is 1.34. The van der Waals surface area contributed by atoms with Crippen LogP contribution in [0.4, 0.5) is 0 Å². The van der Waals surface area contributed by atoms with Gasteiger partial charge in [0.25, 0.3) is 0 Å². The minimum Gasteiger partial charge on any atom is -0.380 e. The van der Waals surface area contributed by atoms with Gasteiger partial charge in [0.15, 0.2) is 0 Å². The van der Waals surface area contributed by atoms with Crippen LogP contribution in [0.2, 0.25) is 0 Å². The van der Waals surface area contributed by atoms with Crippen LogP contribution >= 0.6 is 0 Å². The number of hydrogen-bond donors (Lipinski definition) is 2. The lowest BCUT2D eigenvalue weighted by Gasteiger charge is -2.21. The van der Waals surface area contributed by atoms with Gasteiger partial charge < -0.3 is 10.1 Å². The highest BCUT2D eigenvalue weighted by Crippen LogP contribution is 2.05. The van der Waals surface area contributed by atoms with E-state index in [9.17, 15) is 8.42 Å². The van der Waals surface area contributed by atoms with Crippen molar-refractivity contribution in [2.45, 2.75) is 33.2 Å². The maximum Gasteiger partial charge on any atom is 0.211 e. The van der Waals surface area contributed by atoms with Crippen molar-refractivity contribution in [3.8, 4) is 0 Å². The van der Waals surface area contributed by atoms with E-state index < -0.39 is 10.0 Å². The molecule has 0 aliphatic carbocycles. The van der Waals surface area contributed by atoms with Crippen molar-refractivity contribution in [1.82, 2.24) is 10.0 Å². The average Bonchev–Trinajstić information content (AvgIpc) is 2.24. The van der Waals surface area contributed by atoms with Crippen LogP contribution in [0, 0.1) is 5.92 Å². The summed E-state index contributed by atoms with van der Waals surface area (Å²) >= 11 is 0. The zero-order valence-corrected chi connectivity index (χ0v) is 12.1. The topological polar surface area (TPSA) is 67.4 Å². The molecular formula is C11H26N2O3S. The highest BCUT2D eigenvalue weighted by atomic mass is 32.2. The molecular weight excluding hydrogens is 240 g/mol. The van der Waals surface area contributed by atoms with E-state index in [-0.39, 0.29) is 17.7 Å². The molecule has 0 aromatic heterocycles. The van der Waals surface area contributed by atoms with Gasteiger partial charge in [0, 0.05) is 12.6 Å². The largest absolute Gasteiger partial charge is 0.380 e. The number of ether oxygens (including phenoxy) is 1. The maximum atomic E-state index is 11.8. The van der Waals surface area contributed by atoms with Gasteiger partial charge in [0.1, 0.15) is 0 Å². The zero-order valence-electron chi connectivity index (χ0n) is 11.3. The Hall–Kier alpha value is -0.170. The van der Waals surface area contributed by atoms with Crippen molar-refractivity contribution in [2.24, 2.45) is 5.92 Å². The molecule has 0 radical (unpaired) electrons. The van der Waals surface area contributed by atoms with Crippen LogP contribution in [-0.4, -0.2) is 47.0 Å². The molecule has 0 fully saturated rings. The fourth-order valence-corrected chi connectivity index (χ4v) is 2.78. The predicted octanol–water partition coefficient (Wildman–Crippen LogP) is 0.576. The highest BCUT2D eigenvalue weighted by Gasteiger charge is 2.20. The Morgan fingerprint density at radius 2 is 1.94 bits per heavy atom. The average molecular weight is 266 g/mol. The molecule has 0 rings (SSSR count). The van der Waals surface area contributed by atoms with Crippen molar-refractivity contribution < 1.29 is 13.2 Å². The van der Waals surface area contributed by atoms with E-state index in [2.05, 4.69) is 10.0 Å². The highest BCUT2D eigenvalue weighted by molar-refractivity contribution is 7.89. The second-order valence-corrected chi connectivity index (χ2v) is 6.28. The third kappa shape index (κ3) is 8.54. The summed E-state index contributed by atoms with van der Waals surface area (Å²) in [6, 6.07) is -0.144. The third-order valence-corrected chi connectivity index (χ3v) is 3.97. The first kappa shape index (κ1) is 16.8. The van der Waals surface area contributed by atoms with Crippen LogP contribution in [0.1, 0.15) is 27.2 Å². The Labute approximate surface area is 105 Å². The van der Waals surface area contributed by atoms with Gasteiger partial charge in [-0.1, -0.05) is 13.8 Å². The quantitative estimate of drug-likeness (QED) is 0.568. The van der Waals surface area contributed by atoms with E-state index in [4.69, 9.17) is 4.74 Å². The van der Waals surface area contributed by atoms with Gasteiger partial charge in [0.2, 0.25) is 10.0 Å². The standard InChI is InChI=1S/C11H26N2O3S/c1-5-16-9-11(10(2)3)13-17(14,15)8-6-7-12-4/h10-13H,5-9H2,1-4H3. The molecule has 0 saturated heterocycles. The lowest BCUT2D eigenvalue weighted by Crippen LogP contribution is -2.43. The summed E-state index contributed by atoms with van der Waals surface area (Å²) in [5, 5.41) is 2.93. The van der Waals surface area contributed by atoms with Crippen molar-refractivity contribution in [1.29, 1.82) is 0 Å². The van der Waals surface area contributed by atoms with Crippen LogP contribution < -0.4 is 10.0 Å². The summed E-state index contributed by atoms with van der Waals surface area (Å²) in [5.41, 5.74) is 0. The molecule has 0 saturated carbocycles. The Morgan fingerprint density at radius 3 is 2.41 bits per heavy atom. The summed E-state index contributed by atoms with van der Waals surface area (Å²) < 4.78 is 31.6. The lowest BCUT2D eigenvalue weighted by atomic mass is 10.1. The summed E-state index contributed by atoms with van der Waals surface area (Å²) in [7, 11) is -1.39. The lowest BCUT2D eigenvalue weighted by molar-refractivity contribution is 0.116. The molecule has 1 unspecified atom stereocenters. The van der Waals surface area contributed by atoms with E-state index in [1.54, 1.807) is 0 Å². The van der Waals surface area contributed by atoms with Crippen molar-refractivity contribution in [2.75, 3.05) is 32.6 Å². The molecule has 104 valence electrons. The molecule has 0 aliphatic heterocycles. The molecule has 17 heavy (non-hydrogen) atoms. The van der Waals surface area contributed by atoms with E-state index in [0.717, 1.165) is 0 Å². The van der Waals surface area contributed by atoms with Gasteiger partial charge in [-0.2, -0.15) is 0 Å². The molecule has 0 spiro atoms. The van der Waals surface area contributed by atoms with E-state index >= 15 is 0 Å². The van der Waals surface area contributed by atoms with Crippen molar-refractivity contribution in [3.05, 3.63) is 0 Å². The molecule has 0 aromatic rings. The van der Waals surface area contributed by atoms with E-state index in [1.165, 1.54) is 0 Å². The minimum absolute atomic E-state index is 0.144. The molecule has 0 amide bonds. The molecule has 0 bridgehead atoms. The first-order chi connectivity index (χ1) is 7.93. The van der Waals surface area contributed by atoms with Crippen LogP contribution in [-0.2, 0) is 14.8 Å². The van der Waals surface area contributed by atoms with Crippen LogP contribution in [0.3, 0.4) is 0 Å². The van der Waals surface area contributed by atoms with Crippen LogP contribution in [0.15, 0.2) is 0 Å². The first-order valence-corrected chi connectivity index (χ1v) is 7.80. The van der Waals surface area contributed by atoms with E-state index in [1.807, 2.05) is 27.8 Å². The second-order valence-electron chi connectivity index (χ2n) is 4.40.